The van der Waals surface area contributed by atoms with Gasteiger partial charge < -0.3 is 10.8 Å². The molecule has 2 aromatic heterocycles. The van der Waals surface area contributed by atoms with Gasteiger partial charge in [-0.25, -0.2) is 14.8 Å². The lowest BCUT2D eigenvalue weighted by Crippen LogP contribution is -2.09. The Hall–Kier alpha value is -2.88. The third-order valence-corrected chi connectivity index (χ3v) is 2.17. The van der Waals surface area contributed by atoms with E-state index in [4.69, 9.17) is 16.1 Å². The molecule has 84 valence electrons. The van der Waals surface area contributed by atoms with E-state index in [1.54, 1.807) is 0 Å². The Morgan fingerprint density at radius 2 is 2.24 bits per heavy atom. The van der Waals surface area contributed by atoms with Crippen molar-refractivity contribution < 1.29 is 9.90 Å². The highest BCUT2D eigenvalue weighted by Gasteiger charge is 2.15. The fourth-order valence-corrected chi connectivity index (χ4v) is 1.40. The number of hydrogen-bond acceptors (Lipinski definition) is 5. The van der Waals surface area contributed by atoms with E-state index in [-0.39, 0.29) is 22.9 Å². The van der Waals surface area contributed by atoms with E-state index in [0.29, 0.717) is 0 Å². The smallest absolute Gasteiger partial charge is 0.337 e. The Bertz CT molecular complexity index is 626. The Kier molecular flexibility index (Phi) is 2.46. The first-order valence-corrected chi connectivity index (χ1v) is 4.56. The van der Waals surface area contributed by atoms with Crippen LogP contribution in [0.25, 0.3) is 5.82 Å². The van der Waals surface area contributed by atoms with Crippen molar-refractivity contribution in [2.24, 2.45) is 0 Å². The number of hydrogen-bond donors (Lipinski definition) is 2. The van der Waals surface area contributed by atoms with E-state index in [1.807, 2.05) is 6.07 Å². The fourth-order valence-electron chi connectivity index (χ4n) is 1.40. The summed E-state index contributed by atoms with van der Waals surface area (Å²) in [6.45, 7) is 0. The molecular formula is C10H7N5O2. The third-order valence-electron chi connectivity index (χ3n) is 2.17. The van der Waals surface area contributed by atoms with Gasteiger partial charge in [-0.3, -0.25) is 4.57 Å². The average Bonchev–Trinajstić information content (AvgIpc) is 2.76. The summed E-state index contributed by atoms with van der Waals surface area (Å²) in [5.74, 6) is -0.879. The predicted octanol–water partition coefficient (Wildman–Crippen LogP) is 0.419. The quantitative estimate of drug-likeness (QED) is 0.770. The highest BCUT2D eigenvalue weighted by molar-refractivity contribution is 5.95. The van der Waals surface area contributed by atoms with Gasteiger partial charge in [-0.05, 0) is 6.07 Å². The van der Waals surface area contributed by atoms with Crippen LogP contribution in [0.1, 0.15) is 16.2 Å². The van der Waals surface area contributed by atoms with Gasteiger partial charge in [0.25, 0.3) is 0 Å². The van der Waals surface area contributed by atoms with Crippen LogP contribution < -0.4 is 5.73 Å². The van der Waals surface area contributed by atoms with Crippen LogP contribution in [0.5, 0.6) is 0 Å². The molecule has 0 aromatic carbocycles. The molecule has 0 atom stereocenters. The third kappa shape index (κ3) is 1.68. The zero-order chi connectivity index (χ0) is 12.4. The summed E-state index contributed by atoms with van der Waals surface area (Å²) < 4.78 is 1.34. The summed E-state index contributed by atoms with van der Waals surface area (Å²) in [6.07, 6.45) is 4.21. The van der Waals surface area contributed by atoms with E-state index in [1.165, 1.54) is 29.2 Å². The molecule has 3 N–H and O–H groups in total. The molecule has 0 aliphatic carbocycles. The van der Waals surface area contributed by atoms with E-state index in [0.717, 1.165) is 0 Å². The fraction of sp³-hybridized carbons (Fsp3) is 0. The minimum absolute atomic E-state index is 0.00509. The second-order valence-corrected chi connectivity index (χ2v) is 3.13. The minimum atomic E-state index is -1.15. The summed E-state index contributed by atoms with van der Waals surface area (Å²) in [7, 11) is 0. The van der Waals surface area contributed by atoms with Crippen molar-refractivity contribution in [3.05, 3.63) is 36.0 Å². The summed E-state index contributed by atoms with van der Waals surface area (Å²) in [6, 6.07) is 3.15. The number of carboxylic acid groups (broad SMARTS) is 1. The normalized spacial score (nSPS) is 9.82. The molecule has 0 aliphatic rings. The first kappa shape index (κ1) is 10.6. The van der Waals surface area contributed by atoms with E-state index >= 15 is 0 Å². The standard InChI is InChI=1S/C10H7N5O2/c11-5-7-13-3-4-15(7)9-8(12)6(10(16)17)1-2-14-9/h1-4H,12H2,(H,16,17). The van der Waals surface area contributed by atoms with Gasteiger partial charge in [-0.1, -0.05) is 0 Å². The number of aromatic carboxylic acids is 1. The zero-order valence-corrected chi connectivity index (χ0v) is 8.53. The summed E-state index contributed by atoms with van der Waals surface area (Å²) >= 11 is 0. The average molecular weight is 229 g/mol. The Balaban J connectivity index is 2.66. The molecule has 0 aliphatic heterocycles. The number of carbonyl (C=O) groups is 1. The van der Waals surface area contributed by atoms with E-state index in [9.17, 15) is 4.79 Å². The largest absolute Gasteiger partial charge is 0.478 e. The lowest BCUT2D eigenvalue weighted by molar-refractivity contribution is 0.0698. The van der Waals surface area contributed by atoms with Crippen LogP contribution in [0, 0.1) is 11.3 Å². The maximum Gasteiger partial charge on any atom is 0.337 e. The second kappa shape index (κ2) is 3.94. The number of rotatable bonds is 2. The second-order valence-electron chi connectivity index (χ2n) is 3.13. The Labute approximate surface area is 95.8 Å². The molecule has 0 radical (unpaired) electrons. The maximum atomic E-state index is 10.9. The van der Waals surface area contributed by atoms with Crippen molar-refractivity contribution >= 4 is 11.7 Å². The topological polar surface area (TPSA) is 118 Å². The number of nitrogens with two attached hydrogens (primary N) is 1. The van der Waals surface area contributed by atoms with Gasteiger partial charge in [-0.15, -0.1) is 0 Å². The van der Waals surface area contributed by atoms with Gasteiger partial charge in [0.2, 0.25) is 5.82 Å². The highest BCUT2D eigenvalue weighted by Crippen LogP contribution is 2.19. The number of nitriles is 1. The molecule has 2 rings (SSSR count). The molecule has 0 saturated heterocycles. The summed E-state index contributed by atoms with van der Waals surface area (Å²) in [5.41, 5.74) is 5.63. The van der Waals surface area contributed by atoms with Gasteiger partial charge >= 0.3 is 5.97 Å². The molecule has 0 spiro atoms. The first-order chi connectivity index (χ1) is 8.15. The molecule has 17 heavy (non-hydrogen) atoms. The number of nitrogens with zero attached hydrogens (tertiary/aromatic N) is 4. The molecule has 7 heteroatoms. The SMILES string of the molecule is N#Cc1nccn1-c1nccc(C(=O)O)c1N. The molecule has 2 heterocycles. The predicted molar refractivity (Wildman–Crippen MR) is 57.4 cm³/mol. The van der Waals surface area contributed by atoms with Gasteiger partial charge in [0.05, 0.1) is 11.3 Å². The number of aromatic nitrogens is 3. The van der Waals surface area contributed by atoms with Gasteiger partial charge in [0, 0.05) is 18.6 Å². The first-order valence-electron chi connectivity index (χ1n) is 4.56. The molecule has 2 aromatic rings. The van der Waals surface area contributed by atoms with Crippen LogP contribution in [0.3, 0.4) is 0 Å². The van der Waals surface area contributed by atoms with Gasteiger partial charge in [0.15, 0.2) is 5.82 Å². The van der Waals surface area contributed by atoms with Crippen molar-refractivity contribution in [3.8, 4) is 11.9 Å². The van der Waals surface area contributed by atoms with E-state index < -0.39 is 5.97 Å². The minimum Gasteiger partial charge on any atom is -0.478 e. The van der Waals surface area contributed by atoms with Crippen LogP contribution in [-0.2, 0) is 0 Å². The van der Waals surface area contributed by atoms with Gasteiger partial charge in [0.1, 0.15) is 6.07 Å². The van der Waals surface area contributed by atoms with Crippen LogP contribution >= 0.6 is 0 Å². The molecule has 0 amide bonds. The number of nitrogen functional groups attached to an aromatic ring is 1. The highest BCUT2D eigenvalue weighted by atomic mass is 16.4. The molecule has 0 unspecified atom stereocenters. The number of imidazole rings is 1. The van der Waals surface area contributed by atoms with Crippen molar-refractivity contribution in [2.75, 3.05) is 5.73 Å². The van der Waals surface area contributed by atoms with Gasteiger partial charge in [-0.2, -0.15) is 5.26 Å². The van der Waals surface area contributed by atoms with Crippen molar-refractivity contribution in [2.45, 2.75) is 0 Å². The van der Waals surface area contributed by atoms with Crippen LogP contribution in [0.2, 0.25) is 0 Å². The molecule has 0 saturated carbocycles. The summed E-state index contributed by atoms with van der Waals surface area (Å²) in [4.78, 5) is 18.6. The number of anilines is 1. The molecular weight excluding hydrogens is 222 g/mol. The lowest BCUT2D eigenvalue weighted by Gasteiger charge is -2.08. The number of pyridine rings is 1. The Morgan fingerprint density at radius 3 is 2.88 bits per heavy atom. The van der Waals surface area contributed by atoms with Crippen LogP contribution in [0.15, 0.2) is 24.7 Å². The van der Waals surface area contributed by atoms with Crippen LogP contribution in [-0.4, -0.2) is 25.6 Å². The van der Waals surface area contributed by atoms with E-state index in [2.05, 4.69) is 9.97 Å². The summed E-state index contributed by atoms with van der Waals surface area (Å²) in [5, 5.41) is 17.7. The maximum absolute atomic E-state index is 10.9. The monoisotopic (exact) mass is 229 g/mol. The molecule has 0 bridgehead atoms. The zero-order valence-electron chi connectivity index (χ0n) is 8.53. The number of carboxylic acids is 1. The molecule has 7 nitrogen and oxygen atoms in total. The van der Waals surface area contributed by atoms with Crippen molar-refractivity contribution in [1.82, 2.24) is 14.5 Å². The Morgan fingerprint density at radius 1 is 1.47 bits per heavy atom. The van der Waals surface area contributed by atoms with Crippen LogP contribution in [0.4, 0.5) is 5.69 Å². The van der Waals surface area contributed by atoms with Crippen molar-refractivity contribution in [3.63, 3.8) is 0 Å². The van der Waals surface area contributed by atoms with Crippen molar-refractivity contribution in [1.29, 1.82) is 5.26 Å². The lowest BCUT2D eigenvalue weighted by atomic mass is 10.2. The molecule has 0 fully saturated rings.